The molecule has 1 atom stereocenters. The van der Waals surface area contributed by atoms with Crippen molar-refractivity contribution >= 4 is 11.6 Å². The van der Waals surface area contributed by atoms with Gasteiger partial charge in [-0.25, -0.2) is 4.39 Å². The molecule has 0 spiro atoms. The molecule has 1 aliphatic rings. The largest absolute Gasteiger partial charge is 0.388 e. The highest BCUT2D eigenvalue weighted by molar-refractivity contribution is 6.31. The van der Waals surface area contributed by atoms with E-state index in [2.05, 4.69) is 5.32 Å². The lowest BCUT2D eigenvalue weighted by atomic mass is 9.87. The lowest BCUT2D eigenvalue weighted by molar-refractivity contribution is 0.0169. The molecule has 88 valence electrons. The molecule has 1 unspecified atom stereocenters. The Hall–Kier alpha value is -0.640. The molecule has 0 amide bonds. The molecule has 1 heterocycles. The Bertz CT molecular complexity index is 377. The van der Waals surface area contributed by atoms with Gasteiger partial charge in [0.2, 0.25) is 0 Å². The molecule has 1 aliphatic heterocycles. The number of piperidine rings is 1. The van der Waals surface area contributed by atoms with Gasteiger partial charge < -0.3 is 10.4 Å². The van der Waals surface area contributed by atoms with Crippen LogP contribution >= 0.6 is 11.6 Å². The molecule has 4 heteroatoms. The monoisotopic (exact) mass is 243 g/mol. The van der Waals surface area contributed by atoms with Crippen molar-refractivity contribution in [3.05, 3.63) is 34.6 Å². The molecule has 0 aliphatic carbocycles. The number of β-amino-alcohol motifs (C(OH)–C–C–N with tert-alkyl or cyclic N) is 1. The number of nitrogens with one attached hydrogen (secondary N) is 1. The summed E-state index contributed by atoms with van der Waals surface area (Å²) < 4.78 is 13.1. The third-order valence-corrected chi connectivity index (χ3v) is 3.35. The van der Waals surface area contributed by atoms with Gasteiger partial charge in [0, 0.05) is 18.0 Å². The van der Waals surface area contributed by atoms with Crippen LogP contribution < -0.4 is 5.32 Å². The van der Waals surface area contributed by atoms with Crippen LogP contribution in [0, 0.1) is 5.82 Å². The zero-order valence-electron chi connectivity index (χ0n) is 8.97. The van der Waals surface area contributed by atoms with Crippen molar-refractivity contribution in [2.45, 2.75) is 24.9 Å². The van der Waals surface area contributed by atoms with Crippen molar-refractivity contribution in [3.8, 4) is 0 Å². The van der Waals surface area contributed by atoms with Crippen molar-refractivity contribution in [2.75, 3.05) is 13.1 Å². The van der Waals surface area contributed by atoms with Crippen LogP contribution in [0.3, 0.4) is 0 Å². The van der Waals surface area contributed by atoms with Gasteiger partial charge in [0.1, 0.15) is 5.82 Å². The molecule has 1 fully saturated rings. The quantitative estimate of drug-likeness (QED) is 0.834. The number of hydrogen-bond acceptors (Lipinski definition) is 2. The Balaban J connectivity index is 2.15. The summed E-state index contributed by atoms with van der Waals surface area (Å²) in [6.45, 7) is 1.47. The maximum absolute atomic E-state index is 13.1. The van der Waals surface area contributed by atoms with Crippen LogP contribution in [-0.4, -0.2) is 23.8 Å². The normalized spacial score (nSPS) is 25.7. The average molecular weight is 244 g/mol. The number of halogens is 2. The second-order valence-corrected chi connectivity index (χ2v) is 4.82. The third kappa shape index (κ3) is 2.73. The Kier molecular flexibility index (Phi) is 3.47. The van der Waals surface area contributed by atoms with E-state index < -0.39 is 5.60 Å². The molecular weight excluding hydrogens is 229 g/mol. The SMILES string of the molecule is OC1(Cc2cc(F)ccc2Cl)CCCNC1. The van der Waals surface area contributed by atoms with E-state index in [0.717, 1.165) is 19.4 Å². The van der Waals surface area contributed by atoms with Crippen LogP contribution in [0.4, 0.5) is 4.39 Å². The first kappa shape index (κ1) is 11.8. The Labute approximate surface area is 99.4 Å². The minimum Gasteiger partial charge on any atom is -0.388 e. The van der Waals surface area contributed by atoms with Crippen LogP contribution in [0.15, 0.2) is 18.2 Å². The third-order valence-electron chi connectivity index (χ3n) is 2.98. The molecule has 16 heavy (non-hydrogen) atoms. The van der Waals surface area contributed by atoms with Gasteiger partial charge in [0.25, 0.3) is 0 Å². The minimum absolute atomic E-state index is 0.313. The molecule has 2 nitrogen and oxygen atoms in total. The number of aliphatic hydroxyl groups is 1. The van der Waals surface area contributed by atoms with Crippen molar-refractivity contribution < 1.29 is 9.50 Å². The summed E-state index contributed by atoms with van der Waals surface area (Å²) in [6, 6.07) is 4.26. The van der Waals surface area contributed by atoms with E-state index in [1.54, 1.807) is 0 Å². The zero-order chi connectivity index (χ0) is 11.6. The second-order valence-electron chi connectivity index (χ2n) is 4.42. The fraction of sp³-hybridized carbons (Fsp3) is 0.500. The van der Waals surface area contributed by atoms with Crippen molar-refractivity contribution in [1.29, 1.82) is 0 Å². The summed E-state index contributed by atoms with van der Waals surface area (Å²) in [5.41, 5.74) is -0.122. The van der Waals surface area contributed by atoms with Gasteiger partial charge in [0.05, 0.1) is 5.60 Å². The van der Waals surface area contributed by atoms with E-state index in [1.807, 2.05) is 0 Å². The van der Waals surface area contributed by atoms with Crippen LogP contribution in [0.5, 0.6) is 0 Å². The predicted molar refractivity (Wildman–Crippen MR) is 62.2 cm³/mol. The fourth-order valence-electron chi connectivity index (χ4n) is 2.14. The zero-order valence-corrected chi connectivity index (χ0v) is 9.73. The van der Waals surface area contributed by atoms with Gasteiger partial charge in [-0.15, -0.1) is 0 Å². The van der Waals surface area contributed by atoms with Crippen molar-refractivity contribution in [2.24, 2.45) is 0 Å². The fourth-order valence-corrected chi connectivity index (χ4v) is 2.32. The van der Waals surface area contributed by atoms with Crippen molar-refractivity contribution in [1.82, 2.24) is 5.32 Å². The van der Waals surface area contributed by atoms with Gasteiger partial charge in [-0.3, -0.25) is 0 Å². The van der Waals surface area contributed by atoms with Crippen LogP contribution in [0.1, 0.15) is 18.4 Å². The summed E-state index contributed by atoms with van der Waals surface area (Å²) in [6.07, 6.45) is 2.06. The smallest absolute Gasteiger partial charge is 0.123 e. The highest BCUT2D eigenvalue weighted by atomic mass is 35.5. The predicted octanol–water partition coefficient (Wildman–Crippen LogP) is 2.14. The van der Waals surface area contributed by atoms with E-state index in [0.29, 0.717) is 23.6 Å². The van der Waals surface area contributed by atoms with Gasteiger partial charge in [-0.1, -0.05) is 11.6 Å². The maximum atomic E-state index is 13.1. The average Bonchev–Trinajstić information content (AvgIpc) is 2.24. The van der Waals surface area contributed by atoms with Crippen LogP contribution in [-0.2, 0) is 6.42 Å². The van der Waals surface area contributed by atoms with E-state index in [4.69, 9.17) is 11.6 Å². The van der Waals surface area contributed by atoms with Gasteiger partial charge in [-0.05, 0) is 43.1 Å². The molecule has 2 rings (SSSR count). The first-order valence-electron chi connectivity index (χ1n) is 5.46. The second kappa shape index (κ2) is 4.70. The summed E-state index contributed by atoms with van der Waals surface area (Å²) in [4.78, 5) is 0. The van der Waals surface area contributed by atoms with E-state index in [9.17, 15) is 9.50 Å². The summed E-state index contributed by atoms with van der Waals surface area (Å²) >= 11 is 5.98. The minimum atomic E-state index is -0.796. The number of benzene rings is 1. The highest BCUT2D eigenvalue weighted by Crippen LogP contribution is 2.26. The first-order valence-corrected chi connectivity index (χ1v) is 5.84. The first-order chi connectivity index (χ1) is 7.59. The van der Waals surface area contributed by atoms with E-state index >= 15 is 0 Å². The van der Waals surface area contributed by atoms with Crippen LogP contribution in [0.25, 0.3) is 0 Å². The molecule has 0 bridgehead atoms. The lowest BCUT2D eigenvalue weighted by Gasteiger charge is -2.33. The van der Waals surface area contributed by atoms with Gasteiger partial charge in [0.15, 0.2) is 0 Å². The summed E-state index contributed by atoms with van der Waals surface area (Å²) in [5.74, 6) is -0.313. The van der Waals surface area contributed by atoms with E-state index in [-0.39, 0.29) is 5.82 Å². The van der Waals surface area contributed by atoms with E-state index in [1.165, 1.54) is 18.2 Å². The Morgan fingerprint density at radius 2 is 2.31 bits per heavy atom. The molecule has 1 aromatic rings. The Morgan fingerprint density at radius 1 is 1.50 bits per heavy atom. The topological polar surface area (TPSA) is 32.3 Å². The summed E-state index contributed by atoms with van der Waals surface area (Å²) in [5, 5.41) is 14.0. The summed E-state index contributed by atoms with van der Waals surface area (Å²) in [7, 11) is 0. The highest BCUT2D eigenvalue weighted by Gasteiger charge is 2.30. The molecule has 1 saturated heterocycles. The lowest BCUT2D eigenvalue weighted by Crippen LogP contribution is -2.47. The van der Waals surface area contributed by atoms with Gasteiger partial charge >= 0.3 is 0 Å². The number of hydrogen-bond donors (Lipinski definition) is 2. The number of rotatable bonds is 2. The standard InChI is InChI=1S/C12H15ClFNO/c13-11-3-2-10(14)6-9(11)7-12(16)4-1-5-15-8-12/h2-3,6,15-16H,1,4-5,7-8H2. The van der Waals surface area contributed by atoms with Gasteiger partial charge in [-0.2, -0.15) is 0 Å². The maximum Gasteiger partial charge on any atom is 0.123 e. The molecule has 0 radical (unpaired) electrons. The molecule has 0 saturated carbocycles. The molecule has 2 N–H and O–H groups in total. The molecule has 1 aromatic carbocycles. The Morgan fingerprint density at radius 3 is 3.00 bits per heavy atom. The van der Waals surface area contributed by atoms with Crippen molar-refractivity contribution in [3.63, 3.8) is 0 Å². The van der Waals surface area contributed by atoms with Crippen LogP contribution in [0.2, 0.25) is 5.02 Å². The molecular formula is C12H15ClFNO. The molecule has 0 aromatic heterocycles.